The lowest BCUT2D eigenvalue weighted by Gasteiger charge is -2.20. The molecule has 0 aromatic carbocycles. The number of pyridine rings is 1. The highest BCUT2D eigenvalue weighted by Crippen LogP contribution is 2.20. The van der Waals surface area contributed by atoms with Crippen molar-refractivity contribution in [1.82, 2.24) is 14.6 Å². The summed E-state index contributed by atoms with van der Waals surface area (Å²) in [7, 11) is -1.69. The van der Waals surface area contributed by atoms with Crippen LogP contribution in [-0.2, 0) is 10.0 Å². The minimum atomic E-state index is -3.63. The summed E-state index contributed by atoms with van der Waals surface area (Å²) < 4.78 is 27.3. The number of halogens is 1. The highest BCUT2D eigenvalue weighted by molar-refractivity contribution is 9.10. The molecule has 3 N–H and O–H groups in total. The van der Waals surface area contributed by atoms with Gasteiger partial charge in [-0.3, -0.25) is 0 Å². The van der Waals surface area contributed by atoms with E-state index in [1.165, 1.54) is 12.3 Å². The van der Waals surface area contributed by atoms with Crippen molar-refractivity contribution in [2.24, 2.45) is 0 Å². The lowest BCUT2D eigenvalue weighted by atomic mass is 10.3. The zero-order chi connectivity index (χ0) is 14.6. The summed E-state index contributed by atoms with van der Waals surface area (Å²) in [6, 6.07) is 1.80. The third kappa shape index (κ3) is 4.72. The van der Waals surface area contributed by atoms with Gasteiger partial charge in [-0.2, -0.15) is 0 Å². The minimum absolute atomic E-state index is 0.00549. The van der Waals surface area contributed by atoms with Crippen LogP contribution in [0.15, 0.2) is 21.6 Å². The van der Waals surface area contributed by atoms with Crippen molar-refractivity contribution in [1.29, 1.82) is 0 Å². The van der Waals surface area contributed by atoms with Gasteiger partial charge in [-0.1, -0.05) is 0 Å². The number of anilines is 1. The van der Waals surface area contributed by atoms with E-state index in [0.29, 0.717) is 23.6 Å². The molecule has 0 atom stereocenters. The second-order valence-electron chi connectivity index (χ2n) is 4.51. The zero-order valence-corrected chi connectivity index (χ0v) is 13.6. The lowest BCUT2D eigenvalue weighted by Crippen LogP contribution is -2.36. The molecule has 1 heterocycles. The van der Waals surface area contributed by atoms with E-state index in [1.54, 1.807) is 0 Å². The molecule has 0 radical (unpaired) electrons. The van der Waals surface area contributed by atoms with Gasteiger partial charge < -0.3 is 10.6 Å². The fraction of sp³-hybridized carbons (Fsp3) is 0.545. The van der Waals surface area contributed by atoms with E-state index in [1.807, 2.05) is 25.8 Å². The highest BCUT2D eigenvalue weighted by Gasteiger charge is 2.18. The lowest BCUT2D eigenvalue weighted by molar-refractivity contribution is 0.278. The normalized spacial score (nSPS) is 12.3. The van der Waals surface area contributed by atoms with E-state index in [-0.39, 0.29) is 10.7 Å². The molecule has 19 heavy (non-hydrogen) atoms. The summed E-state index contributed by atoms with van der Waals surface area (Å²) in [6.45, 7) is 5.04. The second-order valence-corrected chi connectivity index (χ2v) is 7.16. The Morgan fingerprint density at radius 1 is 1.53 bits per heavy atom. The molecular weight excluding hydrogens is 332 g/mol. The van der Waals surface area contributed by atoms with Gasteiger partial charge in [-0.05, 0) is 42.9 Å². The van der Waals surface area contributed by atoms with Gasteiger partial charge in [0, 0.05) is 29.8 Å². The fourth-order valence-corrected chi connectivity index (χ4v) is 2.95. The molecule has 0 bridgehead atoms. The first-order valence-electron chi connectivity index (χ1n) is 5.85. The average Bonchev–Trinajstić information content (AvgIpc) is 2.31. The van der Waals surface area contributed by atoms with Crippen molar-refractivity contribution in [2.75, 3.05) is 25.9 Å². The molecule has 0 unspecified atom stereocenters. The topological polar surface area (TPSA) is 88.3 Å². The maximum Gasteiger partial charge on any atom is 0.244 e. The Kier molecular flexibility index (Phi) is 5.72. The molecule has 0 saturated heterocycles. The van der Waals surface area contributed by atoms with Crippen molar-refractivity contribution in [3.05, 3.63) is 16.7 Å². The summed E-state index contributed by atoms with van der Waals surface area (Å²) in [5, 5.41) is 0. The fourth-order valence-electron chi connectivity index (χ4n) is 1.34. The van der Waals surface area contributed by atoms with Gasteiger partial charge in [0.2, 0.25) is 10.0 Å². The van der Waals surface area contributed by atoms with Crippen LogP contribution in [0.25, 0.3) is 0 Å². The van der Waals surface area contributed by atoms with Gasteiger partial charge in [0.15, 0.2) is 0 Å². The van der Waals surface area contributed by atoms with Crippen LogP contribution < -0.4 is 10.5 Å². The Morgan fingerprint density at radius 3 is 2.74 bits per heavy atom. The van der Waals surface area contributed by atoms with Gasteiger partial charge in [-0.25, -0.2) is 18.1 Å². The third-order valence-corrected chi connectivity index (χ3v) is 4.70. The van der Waals surface area contributed by atoms with Crippen LogP contribution in [-0.4, -0.2) is 44.5 Å². The zero-order valence-electron chi connectivity index (χ0n) is 11.2. The monoisotopic (exact) mass is 350 g/mol. The number of nitrogens with zero attached hydrogens (tertiary/aromatic N) is 2. The van der Waals surface area contributed by atoms with Crippen LogP contribution in [0.5, 0.6) is 0 Å². The first kappa shape index (κ1) is 16.4. The summed E-state index contributed by atoms with van der Waals surface area (Å²) in [4.78, 5) is 5.86. The predicted octanol–water partition coefficient (Wildman–Crippen LogP) is 1.04. The van der Waals surface area contributed by atoms with Crippen LogP contribution >= 0.6 is 15.9 Å². The van der Waals surface area contributed by atoms with Crippen LogP contribution in [0, 0.1) is 0 Å². The molecule has 0 aliphatic heterocycles. The number of nitrogens with two attached hydrogens (primary N) is 1. The largest absolute Gasteiger partial charge is 0.383 e. The molecule has 0 fully saturated rings. The van der Waals surface area contributed by atoms with Crippen LogP contribution in [0.3, 0.4) is 0 Å². The number of hydrogen-bond acceptors (Lipinski definition) is 5. The quantitative estimate of drug-likeness (QED) is 0.800. The first-order valence-corrected chi connectivity index (χ1v) is 8.12. The third-order valence-electron chi connectivity index (χ3n) is 2.78. The molecular formula is C11H19BrN4O2S. The maximum atomic E-state index is 12.1. The van der Waals surface area contributed by atoms with Gasteiger partial charge in [0.05, 0.1) is 0 Å². The Labute approximate surface area is 122 Å². The van der Waals surface area contributed by atoms with Crippen LogP contribution in [0.1, 0.15) is 13.8 Å². The highest BCUT2D eigenvalue weighted by atomic mass is 79.9. The Balaban J connectivity index is 2.74. The molecule has 0 aliphatic carbocycles. The minimum Gasteiger partial charge on any atom is -0.383 e. The van der Waals surface area contributed by atoms with Crippen molar-refractivity contribution in [3.8, 4) is 0 Å². The van der Waals surface area contributed by atoms with Crippen LogP contribution in [0.4, 0.5) is 5.82 Å². The summed E-state index contributed by atoms with van der Waals surface area (Å²) >= 11 is 3.18. The van der Waals surface area contributed by atoms with E-state index in [0.717, 1.165) is 0 Å². The van der Waals surface area contributed by atoms with Crippen LogP contribution in [0.2, 0.25) is 0 Å². The molecule has 1 rings (SSSR count). The molecule has 108 valence electrons. The van der Waals surface area contributed by atoms with Crippen molar-refractivity contribution >= 4 is 31.8 Å². The van der Waals surface area contributed by atoms with E-state index in [9.17, 15) is 8.42 Å². The van der Waals surface area contributed by atoms with E-state index >= 15 is 0 Å². The summed E-state index contributed by atoms with van der Waals surface area (Å²) in [5.41, 5.74) is 5.59. The number of hydrogen-bond donors (Lipinski definition) is 2. The number of rotatable bonds is 6. The maximum absolute atomic E-state index is 12.1. The summed E-state index contributed by atoms with van der Waals surface area (Å²) in [6.07, 6.45) is 1.46. The number of nitrogen functional groups attached to an aromatic ring is 1. The van der Waals surface area contributed by atoms with Crippen molar-refractivity contribution < 1.29 is 8.42 Å². The SMILES string of the molecule is CC(C)N(C)CCNS(=O)(=O)c1cc(Br)cnc1N. The number of nitrogens with one attached hydrogen (secondary N) is 1. The molecule has 6 nitrogen and oxygen atoms in total. The Morgan fingerprint density at radius 2 is 2.16 bits per heavy atom. The Bertz CT molecular complexity index is 533. The Hall–Kier alpha value is -0.700. The molecule has 0 amide bonds. The number of sulfonamides is 1. The predicted molar refractivity (Wildman–Crippen MR) is 79.3 cm³/mol. The molecule has 0 aliphatic rings. The van der Waals surface area contributed by atoms with Crippen molar-refractivity contribution in [3.63, 3.8) is 0 Å². The number of aromatic nitrogens is 1. The number of likely N-dealkylation sites (N-methyl/N-ethyl adjacent to an activating group) is 1. The standard InChI is InChI=1S/C11H19BrN4O2S/c1-8(2)16(3)5-4-15-19(17,18)10-6-9(12)7-14-11(10)13/h6-8,15H,4-5H2,1-3H3,(H2,13,14). The average molecular weight is 351 g/mol. The molecule has 0 spiro atoms. The van der Waals surface area contributed by atoms with Gasteiger partial charge in [-0.15, -0.1) is 0 Å². The second kappa shape index (κ2) is 6.65. The summed E-state index contributed by atoms with van der Waals surface area (Å²) in [5.74, 6) is -0.00656. The van der Waals surface area contributed by atoms with Gasteiger partial charge in [0.25, 0.3) is 0 Å². The molecule has 1 aromatic rings. The smallest absolute Gasteiger partial charge is 0.244 e. The van der Waals surface area contributed by atoms with Crippen molar-refractivity contribution in [2.45, 2.75) is 24.8 Å². The molecule has 0 saturated carbocycles. The van der Waals surface area contributed by atoms with E-state index in [2.05, 4.69) is 25.6 Å². The first-order chi connectivity index (χ1) is 8.74. The molecule has 8 heteroatoms. The molecule has 1 aromatic heterocycles. The van der Waals surface area contributed by atoms with Gasteiger partial charge >= 0.3 is 0 Å². The van der Waals surface area contributed by atoms with E-state index < -0.39 is 10.0 Å². The van der Waals surface area contributed by atoms with Gasteiger partial charge in [0.1, 0.15) is 10.7 Å². The van der Waals surface area contributed by atoms with E-state index in [4.69, 9.17) is 5.73 Å².